The van der Waals surface area contributed by atoms with Crippen LogP contribution in [0.15, 0.2) is 41.3 Å². The number of carbonyl (C=O) groups is 1. The summed E-state index contributed by atoms with van der Waals surface area (Å²) in [6.45, 7) is 3.75. The van der Waals surface area contributed by atoms with Crippen LogP contribution in [0.5, 0.6) is 0 Å². The maximum Gasteiger partial charge on any atom is 0.244 e. The quantitative estimate of drug-likeness (QED) is 0.877. The lowest BCUT2D eigenvalue weighted by molar-refractivity contribution is -0.120. The summed E-state index contributed by atoms with van der Waals surface area (Å²) in [5.74, 6) is 0.518. The van der Waals surface area contributed by atoms with Crippen LogP contribution < -0.4 is 11.1 Å². The van der Waals surface area contributed by atoms with E-state index in [0.29, 0.717) is 17.9 Å². The van der Waals surface area contributed by atoms with Crippen molar-refractivity contribution in [1.82, 2.24) is 4.98 Å². The first kappa shape index (κ1) is 14.3. The van der Waals surface area contributed by atoms with E-state index in [0.717, 1.165) is 12.0 Å². The summed E-state index contributed by atoms with van der Waals surface area (Å²) < 4.78 is 5.21. The second-order valence-corrected chi connectivity index (χ2v) is 5.06. The fraction of sp³-hybridized carbons (Fsp3) is 0.333. The molecular formula is C15H19N3O2. The lowest BCUT2D eigenvalue weighted by Gasteiger charge is -2.22. The van der Waals surface area contributed by atoms with Crippen LogP contribution in [-0.4, -0.2) is 16.4 Å². The van der Waals surface area contributed by atoms with E-state index < -0.39 is 5.54 Å². The highest BCUT2D eigenvalue weighted by Crippen LogP contribution is 2.21. The Morgan fingerprint density at radius 3 is 2.65 bits per heavy atom. The van der Waals surface area contributed by atoms with Crippen molar-refractivity contribution in [2.45, 2.75) is 32.2 Å². The van der Waals surface area contributed by atoms with E-state index in [-0.39, 0.29) is 5.91 Å². The van der Waals surface area contributed by atoms with Gasteiger partial charge in [-0.2, -0.15) is 0 Å². The SMILES string of the molecule is CCCC(C)(N)C(=O)Nc1ccc(-c2cnco2)cc1. The van der Waals surface area contributed by atoms with E-state index in [2.05, 4.69) is 10.3 Å². The van der Waals surface area contributed by atoms with Gasteiger partial charge in [0, 0.05) is 11.3 Å². The summed E-state index contributed by atoms with van der Waals surface area (Å²) in [4.78, 5) is 15.9. The zero-order valence-electron chi connectivity index (χ0n) is 11.7. The first-order valence-corrected chi connectivity index (χ1v) is 6.62. The average Bonchev–Trinajstić information content (AvgIpc) is 2.93. The number of anilines is 1. The lowest BCUT2D eigenvalue weighted by atomic mass is 9.96. The largest absolute Gasteiger partial charge is 0.444 e. The molecule has 1 aromatic carbocycles. The molecule has 20 heavy (non-hydrogen) atoms. The molecule has 1 unspecified atom stereocenters. The van der Waals surface area contributed by atoms with Crippen LogP contribution >= 0.6 is 0 Å². The molecule has 106 valence electrons. The number of aromatic nitrogens is 1. The minimum absolute atomic E-state index is 0.174. The Kier molecular flexibility index (Phi) is 4.20. The van der Waals surface area contributed by atoms with Crippen LogP contribution in [0.4, 0.5) is 5.69 Å². The first-order chi connectivity index (χ1) is 9.53. The Morgan fingerprint density at radius 2 is 2.10 bits per heavy atom. The number of amides is 1. The highest BCUT2D eigenvalue weighted by Gasteiger charge is 2.27. The zero-order chi connectivity index (χ0) is 14.6. The molecule has 1 atom stereocenters. The molecule has 0 saturated heterocycles. The third-order valence-electron chi connectivity index (χ3n) is 3.15. The molecule has 0 aliphatic carbocycles. The molecule has 0 saturated carbocycles. The van der Waals surface area contributed by atoms with E-state index in [1.54, 1.807) is 13.1 Å². The van der Waals surface area contributed by atoms with Crippen LogP contribution in [0, 0.1) is 0 Å². The smallest absolute Gasteiger partial charge is 0.244 e. The summed E-state index contributed by atoms with van der Waals surface area (Å²) in [6.07, 6.45) is 4.54. The number of oxazole rings is 1. The van der Waals surface area contributed by atoms with E-state index in [1.165, 1.54) is 6.39 Å². The number of nitrogens with one attached hydrogen (secondary N) is 1. The third-order valence-corrected chi connectivity index (χ3v) is 3.15. The number of nitrogens with zero attached hydrogens (tertiary/aromatic N) is 1. The summed E-state index contributed by atoms with van der Waals surface area (Å²) in [6, 6.07) is 7.36. The van der Waals surface area contributed by atoms with Crippen molar-refractivity contribution < 1.29 is 9.21 Å². The van der Waals surface area contributed by atoms with Crippen molar-refractivity contribution in [2.75, 3.05) is 5.32 Å². The Hall–Kier alpha value is -2.14. The van der Waals surface area contributed by atoms with Gasteiger partial charge in [-0.15, -0.1) is 0 Å². The Morgan fingerprint density at radius 1 is 1.40 bits per heavy atom. The summed E-state index contributed by atoms with van der Waals surface area (Å²) in [7, 11) is 0. The van der Waals surface area contributed by atoms with Crippen molar-refractivity contribution in [3.8, 4) is 11.3 Å². The maximum atomic E-state index is 12.1. The van der Waals surface area contributed by atoms with Crippen molar-refractivity contribution in [3.63, 3.8) is 0 Å². The van der Waals surface area contributed by atoms with Crippen molar-refractivity contribution in [1.29, 1.82) is 0 Å². The second-order valence-electron chi connectivity index (χ2n) is 5.06. The van der Waals surface area contributed by atoms with Crippen LogP contribution in [0.3, 0.4) is 0 Å². The van der Waals surface area contributed by atoms with E-state index in [9.17, 15) is 4.79 Å². The molecule has 0 aliphatic rings. The predicted molar refractivity (Wildman–Crippen MR) is 78.1 cm³/mol. The second kappa shape index (κ2) is 5.88. The van der Waals surface area contributed by atoms with Crippen molar-refractivity contribution in [3.05, 3.63) is 36.9 Å². The molecule has 0 spiro atoms. The molecule has 0 aliphatic heterocycles. The summed E-state index contributed by atoms with van der Waals surface area (Å²) in [5, 5.41) is 2.83. The molecule has 2 rings (SSSR count). The zero-order valence-corrected chi connectivity index (χ0v) is 11.7. The van der Waals surface area contributed by atoms with Crippen LogP contribution in [0.1, 0.15) is 26.7 Å². The Labute approximate surface area is 118 Å². The fourth-order valence-electron chi connectivity index (χ4n) is 1.98. The molecule has 2 aromatic rings. The highest BCUT2D eigenvalue weighted by atomic mass is 16.3. The molecule has 0 fully saturated rings. The minimum atomic E-state index is -0.849. The van der Waals surface area contributed by atoms with Gasteiger partial charge < -0.3 is 15.5 Å². The number of benzene rings is 1. The fourth-order valence-corrected chi connectivity index (χ4v) is 1.98. The molecule has 1 amide bonds. The Balaban J connectivity index is 2.06. The van der Waals surface area contributed by atoms with Gasteiger partial charge in [-0.1, -0.05) is 13.3 Å². The van der Waals surface area contributed by atoms with E-state index in [4.69, 9.17) is 10.2 Å². The summed E-state index contributed by atoms with van der Waals surface area (Å²) in [5.41, 5.74) is 6.76. The van der Waals surface area contributed by atoms with Gasteiger partial charge in [0.05, 0.1) is 11.7 Å². The molecule has 0 radical (unpaired) electrons. The van der Waals surface area contributed by atoms with Crippen molar-refractivity contribution >= 4 is 11.6 Å². The molecule has 1 heterocycles. The number of hydrogen-bond donors (Lipinski definition) is 2. The molecule has 5 nitrogen and oxygen atoms in total. The van der Waals surface area contributed by atoms with Crippen LogP contribution in [0.2, 0.25) is 0 Å². The topological polar surface area (TPSA) is 81.2 Å². The van der Waals surface area contributed by atoms with Gasteiger partial charge >= 0.3 is 0 Å². The van der Waals surface area contributed by atoms with E-state index in [1.807, 2.05) is 31.2 Å². The molecule has 3 N–H and O–H groups in total. The van der Waals surface area contributed by atoms with Crippen LogP contribution in [-0.2, 0) is 4.79 Å². The number of carbonyl (C=O) groups excluding carboxylic acids is 1. The number of hydrogen-bond acceptors (Lipinski definition) is 4. The summed E-state index contributed by atoms with van der Waals surface area (Å²) >= 11 is 0. The van der Waals surface area contributed by atoms with Gasteiger partial charge in [0.1, 0.15) is 0 Å². The highest BCUT2D eigenvalue weighted by molar-refractivity contribution is 5.97. The van der Waals surface area contributed by atoms with Gasteiger partial charge in [0.15, 0.2) is 12.2 Å². The normalized spacial score (nSPS) is 13.8. The first-order valence-electron chi connectivity index (χ1n) is 6.62. The minimum Gasteiger partial charge on any atom is -0.444 e. The maximum absolute atomic E-state index is 12.1. The monoisotopic (exact) mass is 273 g/mol. The van der Waals surface area contributed by atoms with Gasteiger partial charge in [-0.05, 0) is 37.6 Å². The van der Waals surface area contributed by atoms with Gasteiger partial charge in [-0.3, -0.25) is 4.79 Å². The average molecular weight is 273 g/mol. The molecular weight excluding hydrogens is 254 g/mol. The standard InChI is InChI=1S/C15H19N3O2/c1-3-8-15(2,16)14(19)18-12-6-4-11(5-7-12)13-9-17-10-20-13/h4-7,9-10H,3,8,16H2,1-2H3,(H,18,19). The molecule has 1 aromatic heterocycles. The van der Waals surface area contributed by atoms with Crippen molar-refractivity contribution in [2.24, 2.45) is 5.73 Å². The number of nitrogens with two attached hydrogens (primary N) is 1. The van der Waals surface area contributed by atoms with Gasteiger partial charge in [0.2, 0.25) is 5.91 Å². The van der Waals surface area contributed by atoms with Gasteiger partial charge in [0.25, 0.3) is 0 Å². The lowest BCUT2D eigenvalue weighted by Crippen LogP contribution is -2.48. The molecule has 0 bridgehead atoms. The predicted octanol–water partition coefficient (Wildman–Crippen LogP) is 2.80. The number of rotatable bonds is 5. The van der Waals surface area contributed by atoms with Gasteiger partial charge in [-0.25, -0.2) is 4.98 Å². The Bertz CT molecular complexity index is 559. The third kappa shape index (κ3) is 3.24. The molecule has 5 heteroatoms. The van der Waals surface area contributed by atoms with Crippen LogP contribution in [0.25, 0.3) is 11.3 Å². The van der Waals surface area contributed by atoms with E-state index >= 15 is 0 Å².